The lowest BCUT2D eigenvalue weighted by Gasteiger charge is -2.36. The van der Waals surface area contributed by atoms with Crippen LogP contribution >= 0.6 is 11.3 Å². The van der Waals surface area contributed by atoms with E-state index in [-0.39, 0.29) is 11.7 Å². The Labute approximate surface area is 190 Å². The number of rotatable bonds is 3. The minimum atomic E-state index is -0.237. The lowest BCUT2D eigenvalue weighted by molar-refractivity contribution is 0.0748. The highest BCUT2D eigenvalue weighted by Gasteiger charge is 2.25. The van der Waals surface area contributed by atoms with Crippen LogP contribution in [-0.2, 0) is 0 Å². The molecule has 0 spiro atoms. The van der Waals surface area contributed by atoms with Crippen LogP contribution in [-0.4, -0.2) is 42.0 Å². The van der Waals surface area contributed by atoms with Crippen LogP contribution in [0, 0.1) is 19.7 Å². The lowest BCUT2D eigenvalue weighted by Crippen LogP contribution is -2.48. The Kier molecular flexibility index (Phi) is 5.39. The summed E-state index contributed by atoms with van der Waals surface area (Å²) in [5.41, 5.74) is 4.48. The maximum Gasteiger partial charge on any atom is 0.254 e. The Balaban J connectivity index is 1.45. The first-order chi connectivity index (χ1) is 15.5. The van der Waals surface area contributed by atoms with Gasteiger partial charge in [-0.05, 0) is 68.4 Å². The smallest absolute Gasteiger partial charge is 0.254 e. The summed E-state index contributed by atoms with van der Waals surface area (Å²) in [4.78, 5) is 24.9. The standard InChI is InChI=1S/C26H24FN3OS/c1-17-3-9-23-21(15-17)22(16-24(28-23)25-10-4-18(2)32-25)26(31)30-13-11-29(12-14-30)20-7-5-19(27)6-8-20/h3-10,15-16H,11-14H2,1-2H3. The molecule has 0 saturated carbocycles. The molecule has 0 unspecified atom stereocenters. The van der Waals surface area contributed by atoms with E-state index in [4.69, 9.17) is 4.98 Å². The van der Waals surface area contributed by atoms with Gasteiger partial charge in [-0.2, -0.15) is 0 Å². The zero-order valence-electron chi connectivity index (χ0n) is 18.1. The number of nitrogens with zero attached hydrogens (tertiary/aromatic N) is 3. The third-order valence-corrected chi connectivity index (χ3v) is 6.97. The van der Waals surface area contributed by atoms with Crippen LogP contribution in [0.4, 0.5) is 10.1 Å². The van der Waals surface area contributed by atoms with Crippen molar-refractivity contribution >= 4 is 33.8 Å². The van der Waals surface area contributed by atoms with E-state index in [0.717, 1.165) is 45.8 Å². The number of aryl methyl sites for hydroxylation is 2. The van der Waals surface area contributed by atoms with E-state index >= 15 is 0 Å². The Morgan fingerprint density at radius 1 is 0.938 bits per heavy atom. The van der Waals surface area contributed by atoms with Gasteiger partial charge in [-0.3, -0.25) is 4.79 Å². The minimum Gasteiger partial charge on any atom is -0.368 e. The monoisotopic (exact) mass is 445 g/mol. The summed E-state index contributed by atoms with van der Waals surface area (Å²) in [5.74, 6) is -0.199. The largest absolute Gasteiger partial charge is 0.368 e. The number of aromatic nitrogens is 1. The molecule has 2 aromatic heterocycles. The van der Waals surface area contributed by atoms with Crippen molar-refractivity contribution in [3.63, 3.8) is 0 Å². The van der Waals surface area contributed by atoms with Gasteiger partial charge in [0.25, 0.3) is 5.91 Å². The molecule has 1 aliphatic heterocycles. The van der Waals surface area contributed by atoms with E-state index < -0.39 is 0 Å². The average Bonchev–Trinajstić information content (AvgIpc) is 3.25. The quantitative estimate of drug-likeness (QED) is 0.407. The third kappa shape index (κ3) is 3.98. The number of thiophene rings is 1. The highest BCUT2D eigenvalue weighted by molar-refractivity contribution is 7.15. The molecule has 1 aliphatic rings. The summed E-state index contributed by atoms with van der Waals surface area (Å²) in [6.45, 7) is 6.79. The van der Waals surface area contributed by atoms with Gasteiger partial charge in [-0.15, -0.1) is 11.3 Å². The number of piperazine rings is 1. The van der Waals surface area contributed by atoms with Gasteiger partial charge in [0.05, 0.1) is 21.7 Å². The topological polar surface area (TPSA) is 36.4 Å². The summed E-state index contributed by atoms with van der Waals surface area (Å²) in [7, 11) is 0. The van der Waals surface area contributed by atoms with Gasteiger partial charge in [0, 0.05) is 42.1 Å². The van der Waals surface area contributed by atoms with E-state index in [1.807, 2.05) is 36.1 Å². The van der Waals surface area contributed by atoms with Gasteiger partial charge in [-0.1, -0.05) is 11.6 Å². The maximum absolute atomic E-state index is 13.6. The fourth-order valence-corrected chi connectivity index (χ4v) is 5.03. The maximum atomic E-state index is 13.6. The van der Waals surface area contributed by atoms with Crippen molar-refractivity contribution in [1.29, 1.82) is 0 Å². The fourth-order valence-electron chi connectivity index (χ4n) is 4.20. The molecule has 0 atom stereocenters. The summed E-state index contributed by atoms with van der Waals surface area (Å²) in [6.07, 6.45) is 0. The number of pyridine rings is 1. The molecule has 6 heteroatoms. The van der Waals surface area contributed by atoms with Crippen LogP contribution < -0.4 is 4.90 Å². The highest BCUT2D eigenvalue weighted by Crippen LogP contribution is 2.31. The number of anilines is 1. The number of halogens is 1. The van der Waals surface area contributed by atoms with Crippen molar-refractivity contribution in [2.75, 3.05) is 31.1 Å². The zero-order chi connectivity index (χ0) is 22.2. The first kappa shape index (κ1) is 20.6. The van der Waals surface area contributed by atoms with E-state index in [2.05, 4.69) is 24.0 Å². The van der Waals surface area contributed by atoms with Gasteiger partial charge in [0.1, 0.15) is 5.82 Å². The Bertz CT molecular complexity index is 1290. The third-order valence-electron chi connectivity index (χ3n) is 5.95. The average molecular weight is 446 g/mol. The van der Waals surface area contributed by atoms with Crippen LogP contribution in [0.2, 0.25) is 0 Å². The summed E-state index contributed by atoms with van der Waals surface area (Å²) < 4.78 is 13.2. The van der Waals surface area contributed by atoms with E-state index in [9.17, 15) is 9.18 Å². The van der Waals surface area contributed by atoms with Crippen LogP contribution in [0.15, 0.2) is 60.7 Å². The van der Waals surface area contributed by atoms with Crippen LogP contribution in [0.3, 0.4) is 0 Å². The molecule has 0 N–H and O–H groups in total. The number of hydrogen-bond donors (Lipinski definition) is 0. The zero-order valence-corrected chi connectivity index (χ0v) is 19.0. The predicted molar refractivity (Wildman–Crippen MR) is 129 cm³/mol. The summed E-state index contributed by atoms with van der Waals surface area (Å²) in [5, 5.41) is 0.896. The second kappa shape index (κ2) is 8.36. The van der Waals surface area contributed by atoms with Gasteiger partial charge < -0.3 is 9.80 Å². The van der Waals surface area contributed by atoms with Crippen molar-refractivity contribution in [3.05, 3.63) is 82.5 Å². The summed E-state index contributed by atoms with van der Waals surface area (Å²) in [6, 6.07) is 18.7. The van der Waals surface area contributed by atoms with E-state index in [0.29, 0.717) is 18.7 Å². The molecule has 0 aliphatic carbocycles. The van der Waals surface area contributed by atoms with Gasteiger partial charge in [0.2, 0.25) is 0 Å². The van der Waals surface area contributed by atoms with E-state index in [1.165, 1.54) is 17.0 Å². The Morgan fingerprint density at radius 3 is 2.38 bits per heavy atom. The molecule has 0 bridgehead atoms. The van der Waals surface area contributed by atoms with Gasteiger partial charge in [0.15, 0.2) is 0 Å². The first-order valence-corrected chi connectivity index (χ1v) is 11.6. The number of amides is 1. The van der Waals surface area contributed by atoms with Crippen molar-refractivity contribution < 1.29 is 9.18 Å². The van der Waals surface area contributed by atoms with Crippen molar-refractivity contribution in [2.24, 2.45) is 0 Å². The molecule has 5 rings (SSSR count). The van der Waals surface area contributed by atoms with Gasteiger partial charge >= 0.3 is 0 Å². The number of fused-ring (bicyclic) bond motifs is 1. The molecule has 1 fully saturated rings. The fraction of sp³-hybridized carbons (Fsp3) is 0.231. The molecule has 1 amide bonds. The Hall–Kier alpha value is -3.25. The minimum absolute atomic E-state index is 0.0382. The molecular weight excluding hydrogens is 421 g/mol. The molecular formula is C26H24FN3OS. The van der Waals surface area contributed by atoms with Crippen LogP contribution in [0.1, 0.15) is 20.8 Å². The number of hydrogen-bond acceptors (Lipinski definition) is 4. The van der Waals surface area contributed by atoms with Crippen molar-refractivity contribution in [2.45, 2.75) is 13.8 Å². The number of carbonyl (C=O) groups excluding carboxylic acids is 1. The predicted octanol–water partition coefficient (Wildman–Crippen LogP) is 5.68. The highest BCUT2D eigenvalue weighted by atomic mass is 32.1. The normalized spacial score (nSPS) is 14.2. The number of benzene rings is 2. The van der Waals surface area contributed by atoms with Crippen molar-refractivity contribution in [1.82, 2.24) is 9.88 Å². The molecule has 0 radical (unpaired) electrons. The summed E-state index contributed by atoms with van der Waals surface area (Å²) >= 11 is 1.69. The molecule has 4 nitrogen and oxygen atoms in total. The second-order valence-corrected chi connectivity index (χ2v) is 9.53. The molecule has 32 heavy (non-hydrogen) atoms. The molecule has 162 valence electrons. The molecule has 4 aromatic rings. The first-order valence-electron chi connectivity index (χ1n) is 10.8. The van der Waals surface area contributed by atoms with Crippen LogP contribution in [0.5, 0.6) is 0 Å². The lowest BCUT2D eigenvalue weighted by atomic mass is 10.0. The molecule has 1 saturated heterocycles. The number of carbonyl (C=O) groups is 1. The van der Waals surface area contributed by atoms with Gasteiger partial charge in [-0.25, -0.2) is 9.37 Å². The van der Waals surface area contributed by atoms with E-state index in [1.54, 1.807) is 23.5 Å². The Morgan fingerprint density at radius 2 is 1.69 bits per heavy atom. The second-order valence-electron chi connectivity index (χ2n) is 8.24. The van der Waals surface area contributed by atoms with Crippen molar-refractivity contribution in [3.8, 4) is 10.6 Å². The molecule has 2 aromatic carbocycles. The molecule has 3 heterocycles. The SMILES string of the molecule is Cc1ccc2nc(-c3ccc(C)s3)cc(C(=O)N3CCN(c4ccc(F)cc4)CC3)c2c1. The van der Waals surface area contributed by atoms with Crippen LogP contribution in [0.25, 0.3) is 21.5 Å².